The zero-order valence-corrected chi connectivity index (χ0v) is 8.38. The van der Waals surface area contributed by atoms with Gasteiger partial charge in [0, 0.05) is 12.5 Å². The molecule has 0 aromatic carbocycles. The first-order valence-electron chi connectivity index (χ1n) is 4.69. The van der Waals surface area contributed by atoms with Crippen LogP contribution in [0.15, 0.2) is 0 Å². The van der Waals surface area contributed by atoms with E-state index in [1.165, 1.54) is 6.42 Å². The molecule has 0 heterocycles. The predicted molar refractivity (Wildman–Crippen MR) is 50.1 cm³/mol. The molecule has 0 N–H and O–H groups in total. The fourth-order valence-electron chi connectivity index (χ4n) is 0.902. The molecule has 0 aliphatic carbocycles. The van der Waals surface area contributed by atoms with Crippen LogP contribution in [0.5, 0.6) is 0 Å². The van der Waals surface area contributed by atoms with E-state index in [4.69, 9.17) is 4.74 Å². The van der Waals surface area contributed by atoms with Gasteiger partial charge in [0.1, 0.15) is 6.29 Å². The number of carbonyl (C=O) groups is 1. The van der Waals surface area contributed by atoms with Gasteiger partial charge in [0.25, 0.3) is 0 Å². The number of aldehydes is 1. The third-order valence-corrected chi connectivity index (χ3v) is 1.68. The molecule has 2 nitrogen and oxygen atoms in total. The molecule has 0 radical (unpaired) electrons. The van der Waals surface area contributed by atoms with Gasteiger partial charge in [-0.1, -0.05) is 20.8 Å². The fourth-order valence-corrected chi connectivity index (χ4v) is 0.902. The molecule has 0 rings (SSSR count). The molecule has 0 bridgehead atoms. The minimum absolute atomic E-state index is 0.0454. The summed E-state index contributed by atoms with van der Waals surface area (Å²) in [5, 5.41) is 0. The summed E-state index contributed by atoms with van der Waals surface area (Å²) in [6, 6.07) is 0. The van der Waals surface area contributed by atoms with E-state index >= 15 is 0 Å². The third-order valence-electron chi connectivity index (χ3n) is 1.68. The maximum Gasteiger partial charge on any atom is 0.125 e. The van der Waals surface area contributed by atoms with Crippen molar-refractivity contribution in [2.45, 2.75) is 33.6 Å². The van der Waals surface area contributed by atoms with E-state index in [0.29, 0.717) is 6.61 Å². The topological polar surface area (TPSA) is 26.3 Å². The number of rotatable bonds is 7. The molecule has 0 aromatic heterocycles. The maximum atomic E-state index is 10.2. The highest BCUT2D eigenvalue weighted by Gasteiger charge is 1.99. The Kier molecular flexibility index (Phi) is 7.06. The van der Waals surface area contributed by atoms with Crippen molar-refractivity contribution in [2.24, 2.45) is 11.8 Å². The Morgan fingerprint density at radius 3 is 2.50 bits per heavy atom. The van der Waals surface area contributed by atoms with Gasteiger partial charge in [0.2, 0.25) is 0 Å². The van der Waals surface area contributed by atoms with Crippen LogP contribution in [0.2, 0.25) is 0 Å². The first-order valence-corrected chi connectivity index (χ1v) is 4.69. The standard InChI is InChI=1S/C10H20O2/c1-9(2)5-4-6-12-8-10(3)7-11/h7,9-10H,4-6,8H2,1-3H3. The van der Waals surface area contributed by atoms with Crippen LogP contribution in [0.4, 0.5) is 0 Å². The van der Waals surface area contributed by atoms with Crippen molar-refractivity contribution in [3.63, 3.8) is 0 Å². The Morgan fingerprint density at radius 2 is 2.00 bits per heavy atom. The lowest BCUT2D eigenvalue weighted by Crippen LogP contribution is -2.08. The van der Waals surface area contributed by atoms with Crippen molar-refractivity contribution in [1.29, 1.82) is 0 Å². The Balaban J connectivity index is 3.05. The van der Waals surface area contributed by atoms with Gasteiger partial charge >= 0.3 is 0 Å². The average Bonchev–Trinajstić information content (AvgIpc) is 2.03. The van der Waals surface area contributed by atoms with E-state index in [9.17, 15) is 4.79 Å². The molecule has 0 saturated heterocycles. The molecule has 1 unspecified atom stereocenters. The van der Waals surface area contributed by atoms with Crippen molar-refractivity contribution in [3.05, 3.63) is 0 Å². The van der Waals surface area contributed by atoms with Crippen LogP contribution in [0.25, 0.3) is 0 Å². The first kappa shape index (κ1) is 11.6. The lowest BCUT2D eigenvalue weighted by atomic mass is 10.1. The van der Waals surface area contributed by atoms with Crippen LogP contribution >= 0.6 is 0 Å². The first-order chi connectivity index (χ1) is 5.66. The molecule has 1 atom stereocenters. The lowest BCUT2D eigenvalue weighted by molar-refractivity contribution is -0.112. The zero-order chi connectivity index (χ0) is 9.40. The summed E-state index contributed by atoms with van der Waals surface area (Å²) in [5.74, 6) is 0.793. The van der Waals surface area contributed by atoms with Crippen LogP contribution in [-0.4, -0.2) is 19.5 Å². The highest BCUT2D eigenvalue weighted by atomic mass is 16.5. The van der Waals surface area contributed by atoms with Crippen LogP contribution in [0.1, 0.15) is 33.6 Å². The monoisotopic (exact) mass is 172 g/mol. The molecule has 0 amide bonds. The van der Waals surface area contributed by atoms with Crippen LogP contribution < -0.4 is 0 Å². The quantitative estimate of drug-likeness (QED) is 0.435. The third kappa shape index (κ3) is 7.73. The van der Waals surface area contributed by atoms with Gasteiger partial charge in [-0.2, -0.15) is 0 Å². The summed E-state index contributed by atoms with van der Waals surface area (Å²) >= 11 is 0. The molecule has 0 aromatic rings. The highest BCUT2D eigenvalue weighted by Crippen LogP contribution is 2.03. The lowest BCUT2D eigenvalue weighted by Gasteiger charge is -2.06. The smallest absolute Gasteiger partial charge is 0.125 e. The minimum Gasteiger partial charge on any atom is -0.381 e. The van der Waals surface area contributed by atoms with E-state index in [1.54, 1.807) is 0 Å². The predicted octanol–water partition coefficient (Wildman–Crippen LogP) is 2.27. The van der Waals surface area contributed by atoms with Crippen molar-refractivity contribution in [2.75, 3.05) is 13.2 Å². The molecule has 2 heteroatoms. The largest absolute Gasteiger partial charge is 0.381 e. The molecule has 12 heavy (non-hydrogen) atoms. The second kappa shape index (κ2) is 7.29. The van der Waals surface area contributed by atoms with Crippen LogP contribution in [-0.2, 0) is 9.53 Å². The van der Waals surface area contributed by atoms with Crippen molar-refractivity contribution >= 4 is 6.29 Å². The van der Waals surface area contributed by atoms with Crippen LogP contribution in [0.3, 0.4) is 0 Å². The van der Waals surface area contributed by atoms with E-state index < -0.39 is 0 Å². The Bertz CT molecular complexity index is 110. The van der Waals surface area contributed by atoms with Gasteiger partial charge in [0.15, 0.2) is 0 Å². The maximum absolute atomic E-state index is 10.2. The van der Waals surface area contributed by atoms with Gasteiger partial charge in [-0.05, 0) is 18.8 Å². The van der Waals surface area contributed by atoms with E-state index in [1.807, 2.05) is 6.92 Å². The van der Waals surface area contributed by atoms with Crippen molar-refractivity contribution in [3.8, 4) is 0 Å². The average molecular weight is 172 g/mol. The molecule has 0 aliphatic rings. The number of carbonyl (C=O) groups excluding carboxylic acids is 1. The van der Waals surface area contributed by atoms with E-state index in [-0.39, 0.29) is 5.92 Å². The Morgan fingerprint density at radius 1 is 1.33 bits per heavy atom. The second-order valence-electron chi connectivity index (χ2n) is 3.72. The summed E-state index contributed by atoms with van der Waals surface area (Å²) in [5.41, 5.74) is 0. The zero-order valence-electron chi connectivity index (χ0n) is 8.38. The number of ether oxygens (including phenoxy) is 1. The van der Waals surface area contributed by atoms with Crippen molar-refractivity contribution < 1.29 is 9.53 Å². The summed E-state index contributed by atoms with van der Waals surface area (Å²) in [6.45, 7) is 7.63. The molecule has 0 fully saturated rings. The van der Waals surface area contributed by atoms with Gasteiger partial charge < -0.3 is 9.53 Å². The highest BCUT2D eigenvalue weighted by molar-refractivity contribution is 5.52. The summed E-state index contributed by atoms with van der Waals surface area (Å²) < 4.78 is 5.31. The summed E-state index contributed by atoms with van der Waals surface area (Å²) in [7, 11) is 0. The van der Waals surface area contributed by atoms with E-state index in [2.05, 4.69) is 13.8 Å². The number of hydrogen-bond acceptors (Lipinski definition) is 2. The van der Waals surface area contributed by atoms with Gasteiger partial charge in [-0.15, -0.1) is 0 Å². The molecule has 0 saturated carbocycles. The number of hydrogen-bond donors (Lipinski definition) is 0. The summed E-state index contributed by atoms with van der Waals surface area (Å²) in [6.07, 6.45) is 3.24. The summed E-state index contributed by atoms with van der Waals surface area (Å²) in [4.78, 5) is 10.2. The fraction of sp³-hybridized carbons (Fsp3) is 0.900. The van der Waals surface area contributed by atoms with E-state index in [0.717, 1.165) is 25.2 Å². The van der Waals surface area contributed by atoms with Gasteiger partial charge in [0.05, 0.1) is 6.61 Å². The SMILES string of the molecule is CC(C)CCCOCC(C)C=O. The Hall–Kier alpha value is -0.370. The normalized spacial score (nSPS) is 13.3. The second-order valence-corrected chi connectivity index (χ2v) is 3.72. The van der Waals surface area contributed by atoms with Gasteiger partial charge in [-0.25, -0.2) is 0 Å². The molecular formula is C10H20O2. The van der Waals surface area contributed by atoms with Crippen LogP contribution in [0, 0.1) is 11.8 Å². The molecular weight excluding hydrogens is 152 g/mol. The van der Waals surface area contributed by atoms with Crippen molar-refractivity contribution in [1.82, 2.24) is 0 Å². The van der Waals surface area contributed by atoms with Gasteiger partial charge in [-0.3, -0.25) is 0 Å². The molecule has 0 spiro atoms. The minimum atomic E-state index is 0.0454. The Labute approximate surface area is 75.3 Å². The molecule has 72 valence electrons. The molecule has 0 aliphatic heterocycles.